The first kappa shape index (κ1) is 15.9. The van der Waals surface area contributed by atoms with Gasteiger partial charge in [0.1, 0.15) is 5.82 Å². The molecule has 1 atom stereocenters. The lowest BCUT2D eigenvalue weighted by molar-refractivity contribution is 0.0370. The number of rotatable bonds is 4. The summed E-state index contributed by atoms with van der Waals surface area (Å²) < 4.78 is 19.2. The molecule has 0 bridgehead atoms. The van der Waals surface area contributed by atoms with Gasteiger partial charge in [0.05, 0.1) is 11.3 Å². The zero-order valence-corrected chi connectivity index (χ0v) is 13.1. The third-order valence-electron chi connectivity index (χ3n) is 3.62. The Morgan fingerprint density at radius 3 is 2.50 bits per heavy atom. The molecule has 0 saturated heterocycles. The van der Waals surface area contributed by atoms with Crippen LogP contribution in [0, 0.1) is 12.7 Å². The summed E-state index contributed by atoms with van der Waals surface area (Å²) >= 11 is 0. The van der Waals surface area contributed by atoms with E-state index in [-0.39, 0.29) is 5.82 Å². The molecule has 1 aromatic heterocycles. The summed E-state index contributed by atoms with van der Waals surface area (Å²) in [6, 6.07) is 18.4. The maximum absolute atomic E-state index is 13.6. The fourth-order valence-corrected chi connectivity index (χ4v) is 2.36. The Labute approximate surface area is 139 Å². The second kappa shape index (κ2) is 7.04. The van der Waals surface area contributed by atoms with Gasteiger partial charge in [-0.1, -0.05) is 35.9 Å². The molecule has 0 aliphatic rings. The third kappa shape index (κ3) is 3.66. The molecule has 3 rings (SSSR count). The van der Waals surface area contributed by atoms with Crippen molar-refractivity contribution in [3.63, 3.8) is 0 Å². The third-order valence-corrected chi connectivity index (χ3v) is 3.62. The molecule has 1 heterocycles. The number of hydrogen-bond acceptors (Lipinski definition) is 3. The minimum absolute atomic E-state index is 0.389. The SMILES string of the molecule is Cc1ccc(C(=O)OC(c2cccc(F)c2)c2ccccn2)cc1. The number of benzene rings is 2. The number of carbonyl (C=O) groups excluding carboxylic acids is 1. The summed E-state index contributed by atoms with van der Waals surface area (Å²) in [7, 11) is 0. The Balaban J connectivity index is 1.93. The standard InChI is InChI=1S/C20H16FNO2/c1-14-8-10-15(11-9-14)20(23)24-19(18-7-2-3-12-22-18)16-5-4-6-17(21)13-16/h2-13,19H,1H3. The fraction of sp³-hybridized carbons (Fsp3) is 0.100. The van der Waals surface area contributed by atoms with Crippen molar-refractivity contribution in [3.8, 4) is 0 Å². The number of carbonyl (C=O) groups is 1. The first-order chi connectivity index (χ1) is 11.6. The van der Waals surface area contributed by atoms with Crippen LogP contribution >= 0.6 is 0 Å². The van der Waals surface area contributed by atoms with Crippen LogP contribution in [0.1, 0.15) is 33.3 Å². The van der Waals surface area contributed by atoms with Gasteiger partial charge in [-0.2, -0.15) is 0 Å². The molecular formula is C20H16FNO2. The van der Waals surface area contributed by atoms with Gasteiger partial charge < -0.3 is 4.74 Å². The van der Waals surface area contributed by atoms with Crippen LogP contribution in [-0.2, 0) is 4.74 Å². The zero-order chi connectivity index (χ0) is 16.9. The number of esters is 1. The highest BCUT2D eigenvalue weighted by Gasteiger charge is 2.21. The van der Waals surface area contributed by atoms with E-state index in [0.29, 0.717) is 16.8 Å². The van der Waals surface area contributed by atoms with Gasteiger partial charge in [0.15, 0.2) is 6.10 Å². The highest BCUT2D eigenvalue weighted by atomic mass is 19.1. The van der Waals surface area contributed by atoms with Gasteiger partial charge in [0, 0.05) is 11.8 Å². The first-order valence-corrected chi connectivity index (χ1v) is 7.57. The lowest BCUT2D eigenvalue weighted by Gasteiger charge is -2.18. The Morgan fingerprint density at radius 2 is 1.83 bits per heavy atom. The molecule has 120 valence electrons. The maximum Gasteiger partial charge on any atom is 0.339 e. The molecule has 2 aromatic carbocycles. The van der Waals surface area contributed by atoms with Crippen molar-refractivity contribution in [1.82, 2.24) is 4.98 Å². The first-order valence-electron chi connectivity index (χ1n) is 7.57. The van der Waals surface area contributed by atoms with E-state index in [2.05, 4.69) is 4.98 Å². The summed E-state index contributed by atoms with van der Waals surface area (Å²) in [5.74, 6) is -0.866. The predicted molar refractivity (Wildman–Crippen MR) is 89.1 cm³/mol. The molecule has 3 aromatic rings. The van der Waals surface area contributed by atoms with E-state index in [1.165, 1.54) is 12.1 Å². The largest absolute Gasteiger partial charge is 0.447 e. The molecule has 3 nitrogen and oxygen atoms in total. The number of aromatic nitrogens is 1. The summed E-state index contributed by atoms with van der Waals surface area (Å²) in [5.41, 5.74) is 2.58. The van der Waals surface area contributed by atoms with Crippen molar-refractivity contribution in [3.05, 3.63) is 101 Å². The molecule has 0 amide bonds. The van der Waals surface area contributed by atoms with Crippen LogP contribution in [0.5, 0.6) is 0 Å². The van der Waals surface area contributed by atoms with Crippen molar-refractivity contribution in [2.75, 3.05) is 0 Å². The molecule has 24 heavy (non-hydrogen) atoms. The van der Waals surface area contributed by atoms with Crippen molar-refractivity contribution in [2.24, 2.45) is 0 Å². The lowest BCUT2D eigenvalue weighted by atomic mass is 10.1. The molecule has 0 saturated carbocycles. The van der Waals surface area contributed by atoms with Crippen LogP contribution in [0.25, 0.3) is 0 Å². The molecular weight excluding hydrogens is 305 g/mol. The van der Waals surface area contributed by atoms with Gasteiger partial charge in [-0.25, -0.2) is 9.18 Å². The second-order valence-corrected chi connectivity index (χ2v) is 5.46. The van der Waals surface area contributed by atoms with Crippen LogP contribution in [0.3, 0.4) is 0 Å². The van der Waals surface area contributed by atoms with Gasteiger partial charge in [-0.15, -0.1) is 0 Å². The Kier molecular flexibility index (Phi) is 4.66. The average Bonchev–Trinajstić information content (AvgIpc) is 2.61. The smallest absolute Gasteiger partial charge is 0.339 e. The van der Waals surface area contributed by atoms with Crippen molar-refractivity contribution in [1.29, 1.82) is 0 Å². The number of ether oxygens (including phenoxy) is 1. The van der Waals surface area contributed by atoms with Crippen LogP contribution < -0.4 is 0 Å². The molecule has 0 aliphatic heterocycles. The molecule has 4 heteroatoms. The quantitative estimate of drug-likeness (QED) is 0.665. The second-order valence-electron chi connectivity index (χ2n) is 5.46. The molecule has 1 unspecified atom stereocenters. The van der Waals surface area contributed by atoms with Gasteiger partial charge in [-0.3, -0.25) is 4.98 Å². The number of nitrogens with zero attached hydrogens (tertiary/aromatic N) is 1. The number of aryl methyl sites for hydroxylation is 1. The summed E-state index contributed by atoms with van der Waals surface area (Å²) in [4.78, 5) is 16.7. The molecule has 0 radical (unpaired) electrons. The highest BCUT2D eigenvalue weighted by Crippen LogP contribution is 2.26. The maximum atomic E-state index is 13.6. The molecule has 0 N–H and O–H groups in total. The van der Waals surface area contributed by atoms with Crippen LogP contribution in [0.4, 0.5) is 4.39 Å². The number of halogens is 1. The Bertz CT molecular complexity index is 832. The lowest BCUT2D eigenvalue weighted by Crippen LogP contribution is -2.14. The minimum atomic E-state index is -0.768. The van der Waals surface area contributed by atoms with E-state index in [4.69, 9.17) is 4.74 Å². The van der Waals surface area contributed by atoms with E-state index < -0.39 is 12.1 Å². The normalized spacial score (nSPS) is 11.8. The summed E-state index contributed by atoms with van der Waals surface area (Å²) in [6.45, 7) is 1.94. The van der Waals surface area contributed by atoms with Crippen molar-refractivity contribution < 1.29 is 13.9 Å². The summed E-state index contributed by atoms with van der Waals surface area (Å²) in [5, 5.41) is 0. The topological polar surface area (TPSA) is 39.2 Å². The van der Waals surface area contributed by atoms with Gasteiger partial charge >= 0.3 is 5.97 Å². The van der Waals surface area contributed by atoms with Crippen LogP contribution in [-0.4, -0.2) is 11.0 Å². The van der Waals surface area contributed by atoms with Crippen LogP contribution in [0.2, 0.25) is 0 Å². The predicted octanol–water partition coefficient (Wildman–Crippen LogP) is 4.48. The van der Waals surface area contributed by atoms with Crippen molar-refractivity contribution >= 4 is 5.97 Å². The van der Waals surface area contributed by atoms with Crippen molar-refractivity contribution in [2.45, 2.75) is 13.0 Å². The van der Waals surface area contributed by atoms with Gasteiger partial charge in [-0.05, 0) is 43.3 Å². The average molecular weight is 321 g/mol. The van der Waals surface area contributed by atoms with E-state index in [1.54, 1.807) is 48.7 Å². The monoisotopic (exact) mass is 321 g/mol. The minimum Gasteiger partial charge on any atom is -0.447 e. The number of pyridine rings is 1. The molecule has 0 aliphatic carbocycles. The van der Waals surface area contributed by atoms with E-state index in [9.17, 15) is 9.18 Å². The highest BCUT2D eigenvalue weighted by molar-refractivity contribution is 5.89. The number of hydrogen-bond donors (Lipinski definition) is 0. The van der Waals surface area contributed by atoms with Gasteiger partial charge in [0.2, 0.25) is 0 Å². The van der Waals surface area contributed by atoms with E-state index in [1.807, 2.05) is 19.1 Å². The molecule has 0 fully saturated rings. The summed E-state index contributed by atoms with van der Waals surface area (Å²) in [6.07, 6.45) is 0.845. The van der Waals surface area contributed by atoms with Crippen LogP contribution in [0.15, 0.2) is 72.9 Å². The van der Waals surface area contributed by atoms with Gasteiger partial charge in [0.25, 0.3) is 0 Å². The zero-order valence-electron chi connectivity index (χ0n) is 13.1. The Hall–Kier alpha value is -3.01. The molecule has 0 spiro atoms. The Morgan fingerprint density at radius 1 is 1.04 bits per heavy atom. The van der Waals surface area contributed by atoms with E-state index in [0.717, 1.165) is 5.56 Å². The van der Waals surface area contributed by atoms with E-state index >= 15 is 0 Å². The fourth-order valence-electron chi connectivity index (χ4n) is 2.36.